The average Bonchev–Trinajstić information content (AvgIpc) is 2.26. The number of rotatable bonds is 6. The molecule has 16 heavy (non-hydrogen) atoms. The maximum Gasteiger partial charge on any atom is 0.0635 e. The first-order valence-corrected chi connectivity index (χ1v) is 5.84. The van der Waals surface area contributed by atoms with Crippen molar-refractivity contribution in [2.45, 2.75) is 13.0 Å². The molecule has 0 bridgehead atoms. The van der Waals surface area contributed by atoms with Crippen LogP contribution >= 0.6 is 15.9 Å². The van der Waals surface area contributed by atoms with Crippen molar-refractivity contribution in [3.8, 4) is 6.07 Å². The van der Waals surface area contributed by atoms with Crippen LogP contribution in [-0.4, -0.2) is 23.0 Å². The van der Waals surface area contributed by atoms with Crippen LogP contribution in [0.25, 0.3) is 0 Å². The molecule has 1 aromatic rings. The second kappa shape index (κ2) is 7.15. The quantitative estimate of drug-likeness (QED) is 0.804. The van der Waals surface area contributed by atoms with E-state index in [0.717, 1.165) is 29.8 Å². The number of aromatic nitrogens is 1. The van der Waals surface area contributed by atoms with E-state index in [1.54, 1.807) is 6.20 Å². The summed E-state index contributed by atoms with van der Waals surface area (Å²) in [5.41, 5.74) is 1.01. The molecular weight excluding hydrogens is 266 g/mol. The molecule has 0 amide bonds. The predicted molar refractivity (Wildman–Crippen MR) is 67.8 cm³/mol. The van der Waals surface area contributed by atoms with Crippen LogP contribution in [-0.2, 0) is 6.54 Å². The lowest BCUT2D eigenvalue weighted by Crippen LogP contribution is -2.25. The highest BCUT2D eigenvalue weighted by Crippen LogP contribution is 2.08. The molecular formula is C12H14BrN3. The van der Waals surface area contributed by atoms with Crippen LogP contribution in [0.1, 0.15) is 12.1 Å². The molecule has 0 aliphatic carbocycles. The first kappa shape index (κ1) is 12.9. The molecule has 0 aliphatic rings. The molecule has 4 heteroatoms. The number of nitrogens with zero attached hydrogens (tertiary/aromatic N) is 3. The van der Waals surface area contributed by atoms with Gasteiger partial charge in [0.1, 0.15) is 0 Å². The third-order valence-corrected chi connectivity index (χ3v) is 2.30. The zero-order chi connectivity index (χ0) is 11.8. The standard InChI is InChI=1S/C12H14BrN3/c1-11(13)9-16(8-4-6-14)10-12-5-2-3-7-15-12/h2-3,5,7H,1,4,8-10H2. The van der Waals surface area contributed by atoms with Crippen molar-refractivity contribution in [3.63, 3.8) is 0 Å². The molecule has 0 aliphatic heterocycles. The molecule has 0 atom stereocenters. The van der Waals surface area contributed by atoms with Gasteiger partial charge in [-0.15, -0.1) is 0 Å². The van der Waals surface area contributed by atoms with Gasteiger partial charge in [-0.3, -0.25) is 9.88 Å². The Balaban J connectivity index is 2.56. The topological polar surface area (TPSA) is 39.9 Å². The SMILES string of the molecule is C=C(Br)CN(CCC#N)Cc1ccccn1. The van der Waals surface area contributed by atoms with Gasteiger partial charge in [-0.1, -0.05) is 28.6 Å². The molecule has 1 rings (SSSR count). The van der Waals surface area contributed by atoms with Crippen molar-refractivity contribution in [3.05, 3.63) is 41.2 Å². The van der Waals surface area contributed by atoms with Crippen molar-refractivity contribution in [2.24, 2.45) is 0 Å². The number of hydrogen-bond donors (Lipinski definition) is 0. The van der Waals surface area contributed by atoms with E-state index in [1.165, 1.54) is 0 Å². The molecule has 0 unspecified atom stereocenters. The predicted octanol–water partition coefficient (Wildman–Crippen LogP) is 2.71. The van der Waals surface area contributed by atoms with Gasteiger partial charge in [0, 0.05) is 36.7 Å². The van der Waals surface area contributed by atoms with E-state index in [1.807, 2.05) is 18.2 Å². The summed E-state index contributed by atoms with van der Waals surface area (Å²) in [7, 11) is 0. The van der Waals surface area contributed by atoms with Crippen LogP contribution in [0.4, 0.5) is 0 Å². The summed E-state index contributed by atoms with van der Waals surface area (Å²) in [5.74, 6) is 0. The highest BCUT2D eigenvalue weighted by molar-refractivity contribution is 9.11. The minimum Gasteiger partial charge on any atom is -0.292 e. The third kappa shape index (κ3) is 5.06. The average molecular weight is 280 g/mol. The summed E-state index contributed by atoms with van der Waals surface area (Å²) in [5, 5.41) is 8.59. The molecule has 0 saturated heterocycles. The normalized spacial score (nSPS) is 10.1. The maximum atomic E-state index is 8.59. The first-order chi connectivity index (χ1) is 7.72. The summed E-state index contributed by atoms with van der Waals surface area (Å²) >= 11 is 3.34. The van der Waals surface area contributed by atoms with E-state index in [0.29, 0.717) is 6.42 Å². The largest absolute Gasteiger partial charge is 0.292 e. The van der Waals surface area contributed by atoms with E-state index in [2.05, 4.69) is 38.5 Å². The Morgan fingerprint density at radius 3 is 2.94 bits per heavy atom. The van der Waals surface area contributed by atoms with Gasteiger partial charge in [-0.25, -0.2) is 0 Å². The zero-order valence-electron chi connectivity index (χ0n) is 9.06. The highest BCUT2D eigenvalue weighted by atomic mass is 79.9. The maximum absolute atomic E-state index is 8.59. The van der Waals surface area contributed by atoms with Gasteiger partial charge in [0.15, 0.2) is 0 Å². The van der Waals surface area contributed by atoms with Crippen LogP contribution in [0.15, 0.2) is 35.5 Å². The second-order valence-corrected chi connectivity index (χ2v) is 4.58. The molecule has 0 aromatic carbocycles. The molecule has 0 fully saturated rings. The van der Waals surface area contributed by atoms with Gasteiger partial charge >= 0.3 is 0 Å². The number of halogens is 1. The van der Waals surface area contributed by atoms with Gasteiger partial charge in [0.2, 0.25) is 0 Å². The Labute approximate surface area is 105 Å². The van der Waals surface area contributed by atoms with Crippen LogP contribution in [0.3, 0.4) is 0 Å². The zero-order valence-corrected chi connectivity index (χ0v) is 10.7. The van der Waals surface area contributed by atoms with E-state index in [9.17, 15) is 0 Å². The minimum atomic E-state index is 0.521. The molecule has 0 spiro atoms. The smallest absolute Gasteiger partial charge is 0.0635 e. The summed E-state index contributed by atoms with van der Waals surface area (Å²) < 4.78 is 0.918. The first-order valence-electron chi connectivity index (χ1n) is 5.05. The van der Waals surface area contributed by atoms with Crippen LogP contribution in [0.5, 0.6) is 0 Å². The van der Waals surface area contributed by atoms with E-state index in [-0.39, 0.29) is 0 Å². The number of pyridine rings is 1. The van der Waals surface area contributed by atoms with E-state index >= 15 is 0 Å². The summed E-state index contributed by atoms with van der Waals surface area (Å²) in [6.45, 7) is 6.03. The summed E-state index contributed by atoms with van der Waals surface area (Å²) in [6, 6.07) is 7.99. The Bertz CT molecular complexity index is 370. The van der Waals surface area contributed by atoms with Gasteiger partial charge in [-0.2, -0.15) is 5.26 Å². The van der Waals surface area contributed by atoms with E-state index in [4.69, 9.17) is 5.26 Å². The molecule has 0 radical (unpaired) electrons. The fourth-order valence-electron chi connectivity index (χ4n) is 1.39. The lowest BCUT2D eigenvalue weighted by molar-refractivity contribution is 0.296. The molecule has 84 valence electrons. The van der Waals surface area contributed by atoms with Crippen molar-refractivity contribution in [2.75, 3.05) is 13.1 Å². The van der Waals surface area contributed by atoms with Crippen molar-refractivity contribution in [1.82, 2.24) is 9.88 Å². The van der Waals surface area contributed by atoms with Gasteiger partial charge in [0.05, 0.1) is 11.8 Å². The third-order valence-electron chi connectivity index (χ3n) is 2.05. The Morgan fingerprint density at radius 1 is 1.56 bits per heavy atom. The molecule has 1 heterocycles. The van der Waals surface area contributed by atoms with Gasteiger partial charge in [-0.05, 0) is 12.1 Å². The van der Waals surface area contributed by atoms with Crippen LogP contribution in [0.2, 0.25) is 0 Å². The Morgan fingerprint density at radius 2 is 2.38 bits per heavy atom. The molecule has 0 N–H and O–H groups in total. The number of nitriles is 1. The van der Waals surface area contributed by atoms with Crippen molar-refractivity contribution in [1.29, 1.82) is 5.26 Å². The fourth-order valence-corrected chi connectivity index (χ4v) is 1.74. The Hall–Kier alpha value is -1.18. The fraction of sp³-hybridized carbons (Fsp3) is 0.333. The molecule has 1 aromatic heterocycles. The lowest BCUT2D eigenvalue weighted by atomic mass is 10.3. The Kier molecular flexibility index (Phi) is 5.76. The molecule has 0 saturated carbocycles. The van der Waals surface area contributed by atoms with Crippen LogP contribution in [0, 0.1) is 11.3 Å². The highest BCUT2D eigenvalue weighted by Gasteiger charge is 2.06. The molecule has 3 nitrogen and oxygen atoms in total. The minimum absolute atomic E-state index is 0.521. The second-order valence-electron chi connectivity index (χ2n) is 3.46. The van der Waals surface area contributed by atoms with Crippen LogP contribution < -0.4 is 0 Å². The number of hydrogen-bond acceptors (Lipinski definition) is 3. The van der Waals surface area contributed by atoms with Crippen molar-refractivity contribution < 1.29 is 0 Å². The summed E-state index contributed by atoms with van der Waals surface area (Å²) in [4.78, 5) is 6.41. The van der Waals surface area contributed by atoms with Crippen molar-refractivity contribution >= 4 is 15.9 Å². The van der Waals surface area contributed by atoms with Gasteiger partial charge in [0.25, 0.3) is 0 Å². The van der Waals surface area contributed by atoms with Gasteiger partial charge < -0.3 is 0 Å². The van der Waals surface area contributed by atoms with E-state index < -0.39 is 0 Å². The lowest BCUT2D eigenvalue weighted by Gasteiger charge is -2.19. The monoisotopic (exact) mass is 279 g/mol. The summed E-state index contributed by atoms with van der Waals surface area (Å²) in [6.07, 6.45) is 2.30.